The zero-order valence-electron chi connectivity index (χ0n) is 19.9. The number of carbonyl (C=O) groups is 1. The summed E-state index contributed by atoms with van der Waals surface area (Å²) in [5.41, 5.74) is 3.51. The van der Waals surface area contributed by atoms with Crippen LogP contribution in [0.2, 0.25) is 0 Å². The van der Waals surface area contributed by atoms with Gasteiger partial charge < -0.3 is 5.32 Å². The van der Waals surface area contributed by atoms with Crippen molar-refractivity contribution in [3.63, 3.8) is 0 Å². The minimum Gasteiger partial charge on any atom is -0.307 e. The number of urea groups is 1. The summed E-state index contributed by atoms with van der Waals surface area (Å²) < 4.78 is 53.5. The molecule has 0 radical (unpaired) electrons. The lowest BCUT2D eigenvalue weighted by Gasteiger charge is -2.30. The average Bonchev–Trinajstić information content (AvgIpc) is 2.89. The van der Waals surface area contributed by atoms with Gasteiger partial charge in [-0.1, -0.05) is 49.6 Å². The SMILES string of the molecule is O=C(Nc1ccc(F)cc1C(F)(F)F)N1CCCc2cc(-c3ccc(C4CCCCC4)cc3)ccc21. The van der Waals surface area contributed by atoms with E-state index >= 15 is 0 Å². The number of alkyl halides is 3. The van der Waals surface area contributed by atoms with E-state index in [0.717, 1.165) is 35.2 Å². The van der Waals surface area contributed by atoms with Crippen molar-refractivity contribution in [2.45, 2.75) is 57.0 Å². The van der Waals surface area contributed by atoms with Crippen LogP contribution in [0.15, 0.2) is 60.7 Å². The topological polar surface area (TPSA) is 32.3 Å². The predicted octanol–water partition coefficient (Wildman–Crippen LogP) is 8.54. The highest BCUT2D eigenvalue weighted by Crippen LogP contribution is 2.37. The zero-order valence-corrected chi connectivity index (χ0v) is 19.9. The molecule has 1 aliphatic heterocycles. The Hall–Kier alpha value is -3.35. The van der Waals surface area contributed by atoms with Crippen LogP contribution in [0.1, 0.15) is 61.1 Å². The molecule has 2 amide bonds. The molecule has 1 aliphatic carbocycles. The summed E-state index contributed by atoms with van der Waals surface area (Å²) in [5.74, 6) is -0.370. The molecule has 3 nitrogen and oxygen atoms in total. The molecule has 1 heterocycles. The van der Waals surface area contributed by atoms with Crippen molar-refractivity contribution < 1.29 is 22.4 Å². The molecule has 2 aliphatic rings. The molecule has 0 saturated heterocycles. The molecule has 3 aromatic carbocycles. The van der Waals surface area contributed by atoms with E-state index in [0.29, 0.717) is 30.6 Å². The number of benzene rings is 3. The first-order valence-corrected chi connectivity index (χ1v) is 12.5. The standard InChI is InChI=1S/C29H28F4N2O/c30-24-13-14-26(25(18-24)29(31,32)33)34-28(36)35-16-4-7-23-17-22(12-15-27(23)35)21-10-8-20(9-11-21)19-5-2-1-3-6-19/h8-15,17-19H,1-7,16H2,(H,34,36). The first-order chi connectivity index (χ1) is 17.3. The highest BCUT2D eigenvalue weighted by atomic mass is 19.4. The molecule has 7 heteroatoms. The number of carbonyl (C=O) groups excluding carboxylic acids is 1. The van der Waals surface area contributed by atoms with Gasteiger partial charge in [-0.3, -0.25) is 4.90 Å². The van der Waals surface area contributed by atoms with Crippen LogP contribution in [0.5, 0.6) is 0 Å². The first kappa shape index (κ1) is 24.3. The van der Waals surface area contributed by atoms with Gasteiger partial charge in [-0.25, -0.2) is 9.18 Å². The third-order valence-corrected chi connectivity index (χ3v) is 7.29. The molecule has 3 aromatic rings. The maximum atomic E-state index is 13.4. The lowest BCUT2D eigenvalue weighted by Crippen LogP contribution is -2.39. The van der Waals surface area contributed by atoms with Crippen molar-refractivity contribution in [2.75, 3.05) is 16.8 Å². The van der Waals surface area contributed by atoms with E-state index in [1.165, 1.54) is 42.6 Å². The molecule has 1 N–H and O–H groups in total. The fourth-order valence-corrected chi connectivity index (χ4v) is 5.41. The minimum atomic E-state index is -4.79. The van der Waals surface area contributed by atoms with Crippen molar-refractivity contribution in [1.82, 2.24) is 0 Å². The van der Waals surface area contributed by atoms with Crippen LogP contribution in [-0.2, 0) is 12.6 Å². The number of fused-ring (bicyclic) bond motifs is 1. The molecule has 188 valence electrons. The van der Waals surface area contributed by atoms with Gasteiger partial charge in [0.05, 0.1) is 11.3 Å². The molecule has 36 heavy (non-hydrogen) atoms. The number of hydrogen-bond acceptors (Lipinski definition) is 1. The summed E-state index contributed by atoms with van der Waals surface area (Å²) in [4.78, 5) is 14.4. The van der Waals surface area contributed by atoms with Gasteiger partial charge in [0, 0.05) is 12.2 Å². The van der Waals surface area contributed by atoms with Gasteiger partial charge in [0.2, 0.25) is 0 Å². The average molecular weight is 497 g/mol. The second-order valence-electron chi connectivity index (χ2n) is 9.67. The smallest absolute Gasteiger partial charge is 0.307 e. The van der Waals surface area contributed by atoms with Gasteiger partial charge in [-0.2, -0.15) is 13.2 Å². The van der Waals surface area contributed by atoms with Crippen molar-refractivity contribution >= 4 is 17.4 Å². The Labute approximate surface area is 208 Å². The van der Waals surface area contributed by atoms with Crippen molar-refractivity contribution in [3.8, 4) is 11.1 Å². The number of anilines is 2. The van der Waals surface area contributed by atoms with E-state index in [4.69, 9.17) is 0 Å². The van der Waals surface area contributed by atoms with E-state index in [1.807, 2.05) is 12.1 Å². The van der Waals surface area contributed by atoms with Gasteiger partial charge >= 0.3 is 12.2 Å². The van der Waals surface area contributed by atoms with Gasteiger partial charge in [-0.05, 0) is 84.2 Å². The summed E-state index contributed by atoms with van der Waals surface area (Å²) in [6, 6.07) is 16.1. The monoisotopic (exact) mass is 496 g/mol. The third kappa shape index (κ3) is 5.11. The lowest BCUT2D eigenvalue weighted by atomic mass is 9.83. The maximum absolute atomic E-state index is 13.4. The van der Waals surface area contributed by atoms with E-state index < -0.39 is 29.3 Å². The van der Waals surface area contributed by atoms with Crippen molar-refractivity contribution in [1.29, 1.82) is 0 Å². The predicted molar refractivity (Wildman–Crippen MR) is 134 cm³/mol. The maximum Gasteiger partial charge on any atom is 0.418 e. The highest BCUT2D eigenvalue weighted by Gasteiger charge is 2.35. The molecular weight excluding hydrogens is 468 g/mol. The molecule has 5 rings (SSSR count). The van der Waals surface area contributed by atoms with Gasteiger partial charge in [0.1, 0.15) is 5.82 Å². The molecule has 0 atom stereocenters. The molecular formula is C29H28F4N2O. The zero-order chi connectivity index (χ0) is 25.3. The molecule has 1 saturated carbocycles. The summed E-state index contributed by atoms with van der Waals surface area (Å²) in [6.07, 6.45) is 3.09. The number of amides is 2. The first-order valence-electron chi connectivity index (χ1n) is 12.5. The number of halogens is 4. The Bertz CT molecular complexity index is 1250. The van der Waals surface area contributed by atoms with Crippen LogP contribution >= 0.6 is 0 Å². The largest absolute Gasteiger partial charge is 0.418 e. The van der Waals surface area contributed by atoms with Gasteiger partial charge in [0.15, 0.2) is 0 Å². The summed E-state index contributed by atoms with van der Waals surface area (Å²) in [5, 5.41) is 2.34. The normalized spacial score (nSPS) is 16.5. The van der Waals surface area contributed by atoms with E-state index in [1.54, 1.807) is 0 Å². The molecule has 0 aromatic heterocycles. The van der Waals surface area contributed by atoms with Crippen molar-refractivity contribution in [2.24, 2.45) is 0 Å². The van der Waals surface area contributed by atoms with Crippen LogP contribution in [-0.4, -0.2) is 12.6 Å². The number of rotatable bonds is 3. The van der Waals surface area contributed by atoms with Crippen molar-refractivity contribution in [3.05, 3.63) is 83.2 Å². The quantitative estimate of drug-likeness (QED) is 0.362. The molecule has 0 unspecified atom stereocenters. The third-order valence-electron chi connectivity index (χ3n) is 7.29. The van der Waals surface area contributed by atoms with E-state index in [-0.39, 0.29) is 0 Å². The highest BCUT2D eigenvalue weighted by molar-refractivity contribution is 6.03. The van der Waals surface area contributed by atoms with Crippen LogP contribution < -0.4 is 10.2 Å². The Balaban J connectivity index is 1.35. The molecule has 0 bridgehead atoms. The number of nitrogens with one attached hydrogen (secondary N) is 1. The summed E-state index contributed by atoms with van der Waals surface area (Å²) in [7, 11) is 0. The van der Waals surface area contributed by atoms with E-state index in [9.17, 15) is 22.4 Å². The number of hydrogen-bond donors (Lipinski definition) is 1. The van der Waals surface area contributed by atoms with Gasteiger partial charge in [0.25, 0.3) is 0 Å². The Kier molecular flexibility index (Phi) is 6.73. The summed E-state index contributed by atoms with van der Waals surface area (Å²) >= 11 is 0. The minimum absolute atomic E-state index is 0.386. The van der Waals surface area contributed by atoms with Crippen LogP contribution in [0.25, 0.3) is 11.1 Å². The Morgan fingerprint density at radius 1 is 0.861 bits per heavy atom. The Morgan fingerprint density at radius 3 is 2.31 bits per heavy atom. The fourth-order valence-electron chi connectivity index (χ4n) is 5.41. The summed E-state index contributed by atoms with van der Waals surface area (Å²) in [6.45, 7) is 0.386. The van der Waals surface area contributed by atoms with E-state index in [2.05, 4.69) is 35.6 Å². The van der Waals surface area contributed by atoms with Crippen LogP contribution in [0.3, 0.4) is 0 Å². The van der Waals surface area contributed by atoms with Gasteiger partial charge in [-0.15, -0.1) is 0 Å². The lowest BCUT2D eigenvalue weighted by molar-refractivity contribution is -0.137. The second kappa shape index (κ2) is 9.96. The van der Waals surface area contributed by atoms with Crippen LogP contribution in [0, 0.1) is 5.82 Å². The Morgan fingerprint density at radius 2 is 1.58 bits per heavy atom. The molecule has 1 fully saturated rings. The second-order valence-corrected chi connectivity index (χ2v) is 9.67. The number of aryl methyl sites for hydroxylation is 1. The number of nitrogens with zero attached hydrogens (tertiary/aromatic N) is 1. The van der Waals surface area contributed by atoms with Crippen LogP contribution in [0.4, 0.5) is 33.7 Å². The molecule has 0 spiro atoms. The fraction of sp³-hybridized carbons (Fsp3) is 0.345.